The smallest absolute Gasteiger partial charge is 0.471 e. The van der Waals surface area contributed by atoms with Crippen molar-refractivity contribution in [3.63, 3.8) is 0 Å². The lowest BCUT2D eigenvalue weighted by atomic mass is 9.94. The Balaban J connectivity index is 2.41. The Kier molecular flexibility index (Phi) is 3.55. The number of ketones is 1. The standard InChI is InChI=1S/C11H8F3NO4S/c12-11(13,14)10(19)15-8-7(9(17)18)5-2-1-4(16)3-6(5)20-8/h1-3H2,(H,15,19)(H,17,18). The molecule has 0 bridgehead atoms. The molecule has 0 fully saturated rings. The monoisotopic (exact) mass is 307 g/mol. The first-order chi connectivity index (χ1) is 9.20. The molecule has 0 aromatic carbocycles. The summed E-state index contributed by atoms with van der Waals surface area (Å²) in [7, 11) is 0. The number of halogens is 3. The minimum Gasteiger partial charge on any atom is -0.478 e. The molecule has 1 heterocycles. The van der Waals surface area contributed by atoms with E-state index in [2.05, 4.69) is 0 Å². The van der Waals surface area contributed by atoms with E-state index in [0.717, 1.165) is 0 Å². The van der Waals surface area contributed by atoms with Crippen LogP contribution in [0.2, 0.25) is 0 Å². The van der Waals surface area contributed by atoms with Crippen LogP contribution < -0.4 is 5.32 Å². The van der Waals surface area contributed by atoms with Crippen LogP contribution in [-0.4, -0.2) is 28.9 Å². The molecular formula is C11H8F3NO4S. The third-order valence-electron chi connectivity index (χ3n) is 2.80. The lowest BCUT2D eigenvalue weighted by Crippen LogP contribution is -2.30. The van der Waals surface area contributed by atoms with Gasteiger partial charge in [-0.1, -0.05) is 0 Å². The molecule has 20 heavy (non-hydrogen) atoms. The van der Waals surface area contributed by atoms with Gasteiger partial charge in [0.15, 0.2) is 0 Å². The maximum absolute atomic E-state index is 12.2. The van der Waals surface area contributed by atoms with Gasteiger partial charge < -0.3 is 10.4 Å². The quantitative estimate of drug-likeness (QED) is 0.875. The highest BCUT2D eigenvalue weighted by Crippen LogP contribution is 2.38. The number of fused-ring (bicyclic) bond motifs is 1. The lowest BCUT2D eigenvalue weighted by Gasteiger charge is -2.10. The molecule has 0 radical (unpaired) electrons. The predicted octanol–water partition coefficient (Wildman–Crippen LogP) is 2.00. The minimum atomic E-state index is -5.10. The average Bonchev–Trinajstić information content (AvgIpc) is 2.64. The Bertz CT molecular complexity index is 606. The highest BCUT2D eigenvalue weighted by Gasteiger charge is 2.40. The molecule has 0 saturated carbocycles. The van der Waals surface area contributed by atoms with Gasteiger partial charge in [0.1, 0.15) is 10.8 Å². The summed E-state index contributed by atoms with van der Waals surface area (Å²) in [6.45, 7) is 0. The molecule has 0 unspecified atom stereocenters. The Hall–Kier alpha value is -1.90. The SMILES string of the molecule is O=C1CCc2c(sc(NC(=O)C(F)(F)F)c2C(=O)O)C1. The van der Waals surface area contributed by atoms with Crippen molar-refractivity contribution in [2.75, 3.05) is 5.32 Å². The Labute approximate surface area is 114 Å². The molecule has 108 valence electrons. The Morgan fingerprint density at radius 3 is 2.45 bits per heavy atom. The maximum atomic E-state index is 12.2. The van der Waals surface area contributed by atoms with Gasteiger partial charge in [-0.15, -0.1) is 11.3 Å². The summed E-state index contributed by atoms with van der Waals surface area (Å²) in [5, 5.41) is 10.3. The maximum Gasteiger partial charge on any atom is 0.471 e. The van der Waals surface area contributed by atoms with Crippen molar-refractivity contribution in [1.82, 2.24) is 0 Å². The van der Waals surface area contributed by atoms with Gasteiger partial charge in [-0.25, -0.2) is 4.79 Å². The second-order valence-electron chi connectivity index (χ2n) is 4.18. The molecule has 1 aliphatic rings. The number of anilines is 1. The normalized spacial score (nSPS) is 14.8. The first kappa shape index (κ1) is 14.5. The van der Waals surface area contributed by atoms with Crippen molar-refractivity contribution in [3.05, 3.63) is 16.0 Å². The average molecular weight is 307 g/mol. The number of amides is 1. The van der Waals surface area contributed by atoms with Crippen molar-refractivity contribution in [3.8, 4) is 0 Å². The van der Waals surface area contributed by atoms with E-state index in [4.69, 9.17) is 5.11 Å². The molecule has 1 aliphatic carbocycles. The fraction of sp³-hybridized carbons (Fsp3) is 0.364. The third kappa shape index (κ3) is 2.67. The minimum absolute atomic E-state index is 0.0117. The Morgan fingerprint density at radius 1 is 1.25 bits per heavy atom. The lowest BCUT2D eigenvalue weighted by molar-refractivity contribution is -0.167. The van der Waals surface area contributed by atoms with E-state index >= 15 is 0 Å². The molecule has 1 aromatic heterocycles. The summed E-state index contributed by atoms with van der Waals surface area (Å²) < 4.78 is 36.6. The van der Waals surface area contributed by atoms with Gasteiger partial charge in [-0.05, 0) is 12.0 Å². The summed E-state index contributed by atoms with van der Waals surface area (Å²) in [6.07, 6.45) is -4.80. The molecule has 5 nitrogen and oxygen atoms in total. The number of carbonyl (C=O) groups excluding carboxylic acids is 2. The van der Waals surface area contributed by atoms with Gasteiger partial charge in [0.2, 0.25) is 0 Å². The van der Waals surface area contributed by atoms with Crippen molar-refractivity contribution in [2.45, 2.75) is 25.4 Å². The number of hydrogen-bond acceptors (Lipinski definition) is 4. The van der Waals surface area contributed by atoms with E-state index in [0.29, 0.717) is 21.8 Å². The summed E-state index contributed by atoms with van der Waals surface area (Å²) in [5.74, 6) is -3.76. The van der Waals surface area contributed by atoms with Gasteiger partial charge in [0, 0.05) is 17.7 Å². The number of aromatic carboxylic acids is 1. The van der Waals surface area contributed by atoms with Crippen molar-refractivity contribution in [1.29, 1.82) is 0 Å². The molecule has 0 saturated heterocycles. The van der Waals surface area contributed by atoms with Gasteiger partial charge in [-0.3, -0.25) is 9.59 Å². The van der Waals surface area contributed by atoms with Gasteiger partial charge in [0.25, 0.3) is 0 Å². The van der Waals surface area contributed by atoms with E-state index in [1.165, 1.54) is 0 Å². The van der Waals surface area contributed by atoms with Crippen LogP contribution in [0.5, 0.6) is 0 Å². The van der Waals surface area contributed by atoms with Crippen LogP contribution in [0.1, 0.15) is 27.2 Å². The number of nitrogens with one attached hydrogen (secondary N) is 1. The third-order valence-corrected chi connectivity index (χ3v) is 3.95. The molecule has 0 atom stereocenters. The van der Waals surface area contributed by atoms with Crippen LogP contribution in [-0.2, 0) is 22.4 Å². The fourth-order valence-electron chi connectivity index (χ4n) is 1.94. The zero-order chi connectivity index (χ0) is 15.1. The van der Waals surface area contributed by atoms with Crippen LogP contribution in [0.25, 0.3) is 0 Å². The fourth-order valence-corrected chi connectivity index (χ4v) is 3.20. The van der Waals surface area contributed by atoms with Crippen molar-refractivity contribution >= 4 is 34.0 Å². The number of carbonyl (C=O) groups is 3. The van der Waals surface area contributed by atoms with Gasteiger partial charge in [-0.2, -0.15) is 13.2 Å². The van der Waals surface area contributed by atoms with Crippen molar-refractivity contribution in [2.24, 2.45) is 0 Å². The molecule has 0 aliphatic heterocycles. The zero-order valence-corrected chi connectivity index (χ0v) is 10.7. The van der Waals surface area contributed by atoms with Crippen molar-refractivity contribution < 1.29 is 32.7 Å². The highest BCUT2D eigenvalue weighted by atomic mass is 32.1. The topological polar surface area (TPSA) is 83.5 Å². The van der Waals surface area contributed by atoms with E-state index < -0.39 is 18.1 Å². The number of hydrogen-bond donors (Lipinski definition) is 2. The summed E-state index contributed by atoms with van der Waals surface area (Å²) >= 11 is 0.705. The predicted molar refractivity (Wildman–Crippen MR) is 63.0 cm³/mol. The van der Waals surface area contributed by atoms with Crippen LogP contribution >= 0.6 is 11.3 Å². The van der Waals surface area contributed by atoms with Gasteiger partial charge >= 0.3 is 18.1 Å². The first-order valence-corrected chi connectivity index (χ1v) is 6.29. The highest BCUT2D eigenvalue weighted by molar-refractivity contribution is 7.17. The molecular weight excluding hydrogens is 299 g/mol. The summed E-state index contributed by atoms with van der Waals surface area (Å²) in [4.78, 5) is 33.7. The van der Waals surface area contributed by atoms with E-state index in [-0.39, 0.29) is 35.6 Å². The first-order valence-electron chi connectivity index (χ1n) is 5.48. The van der Waals surface area contributed by atoms with Gasteiger partial charge in [0.05, 0.1) is 5.56 Å². The Morgan fingerprint density at radius 2 is 1.90 bits per heavy atom. The second-order valence-corrected chi connectivity index (χ2v) is 5.29. The number of thiophene rings is 1. The molecule has 1 amide bonds. The molecule has 2 N–H and O–H groups in total. The largest absolute Gasteiger partial charge is 0.478 e. The summed E-state index contributed by atoms with van der Waals surface area (Å²) in [5.41, 5.74) is -0.0188. The van der Waals surface area contributed by atoms with Crippen LogP contribution in [0.4, 0.5) is 18.2 Å². The number of alkyl halides is 3. The summed E-state index contributed by atoms with van der Waals surface area (Å²) in [6, 6.07) is 0. The molecule has 9 heteroatoms. The van der Waals surface area contributed by atoms with E-state index in [1.807, 2.05) is 0 Å². The number of carboxylic acids is 1. The number of carboxylic acid groups (broad SMARTS) is 1. The second kappa shape index (κ2) is 4.89. The zero-order valence-electron chi connectivity index (χ0n) is 9.84. The molecule has 1 aromatic rings. The van der Waals surface area contributed by atoms with Crippen LogP contribution in [0.15, 0.2) is 0 Å². The van der Waals surface area contributed by atoms with E-state index in [9.17, 15) is 27.6 Å². The van der Waals surface area contributed by atoms with Crippen LogP contribution in [0, 0.1) is 0 Å². The van der Waals surface area contributed by atoms with Crippen LogP contribution in [0.3, 0.4) is 0 Å². The van der Waals surface area contributed by atoms with E-state index in [1.54, 1.807) is 5.32 Å². The number of rotatable bonds is 2. The molecule has 2 rings (SSSR count). The number of Topliss-reactive ketones (excluding diaryl/α,β-unsaturated/α-hetero) is 1. The molecule has 0 spiro atoms.